The van der Waals surface area contributed by atoms with Crippen molar-refractivity contribution in [2.45, 2.75) is 12.8 Å². The van der Waals surface area contributed by atoms with E-state index in [4.69, 9.17) is 22.7 Å². The molecule has 1 aliphatic heterocycles. The van der Waals surface area contributed by atoms with Gasteiger partial charge in [0.25, 0.3) is 0 Å². The van der Waals surface area contributed by atoms with Gasteiger partial charge >= 0.3 is 0 Å². The van der Waals surface area contributed by atoms with E-state index in [1.807, 2.05) is 24.3 Å². The molecule has 1 aliphatic rings. The molecule has 19 heavy (non-hydrogen) atoms. The second-order valence-corrected chi connectivity index (χ2v) is 5.08. The Bertz CT molecular complexity index is 465. The molecule has 0 atom stereocenters. The highest BCUT2D eigenvalue weighted by atomic mass is 32.1. The Morgan fingerprint density at radius 1 is 1.32 bits per heavy atom. The van der Waals surface area contributed by atoms with Crippen molar-refractivity contribution in [3.8, 4) is 5.75 Å². The molecule has 1 aromatic rings. The highest BCUT2D eigenvalue weighted by Gasteiger charge is 2.24. The molecule has 4 nitrogen and oxygen atoms in total. The molecule has 1 fully saturated rings. The van der Waals surface area contributed by atoms with Gasteiger partial charge in [0, 0.05) is 24.6 Å². The first-order valence-electron chi connectivity index (χ1n) is 6.34. The van der Waals surface area contributed by atoms with Crippen LogP contribution in [0.1, 0.15) is 18.4 Å². The van der Waals surface area contributed by atoms with Gasteiger partial charge in [0.2, 0.25) is 5.91 Å². The van der Waals surface area contributed by atoms with Crippen molar-refractivity contribution >= 4 is 23.1 Å². The number of nitrogens with two attached hydrogens (primary N) is 1. The van der Waals surface area contributed by atoms with Gasteiger partial charge in [-0.3, -0.25) is 4.79 Å². The summed E-state index contributed by atoms with van der Waals surface area (Å²) in [6.45, 7) is 1.58. The van der Waals surface area contributed by atoms with Crippen LogP contribution in [0.2, 0.25) is 0 Å². The highest BCUT2D eigenvalue weighted by Crippen LogP contribution is 2.20. The summed E-state index contributed by atoms with van der Waals surface area (Å²) < 4.78 is 5.13. The molecule has 0 radical (unpaired) electrons. The van der Waals surface area contributed by atoms with E-state index in [2.05, 4.69) is 4.90 Å². The summed E-state index contributed by atoms with van der Waals surface area (Å²) >= 11 is 5.49. The van der Waals surface area contributed by atoms with Crippen LogP contribution in [-0.2, 0) is 4.79 Å². The third-order valence-corrected chi connectivity index (χ3v) is 4.02. The van der Waals surface area contributed by atoms with Crippen LogP contribution in [0.15, 0.2) is 24.3 Å². The molecule has 1 saturated heterocycles. The number of ether oxygens (including phenoxy) is 1. The quantitative estimate of drug-likeness (QED) is 0.853. The SMILES string of the molecule is COc1ccc(C(=S)N2CCC(C(N)=O)CC2)cc1. The molecular formula is C14H18N2O2S. The number of carbonyl (C=O) groups excluding carboxylic acids is 1. The van der Waals surface area contributed by atoms with E-state index in [9.17, 15) is 4.79 Å². The molecule has 0 aromatic heterocycles. The number of hydrogen-bond donors (Lipinski definition) is 1. The van der Waals surface area contributed by atoms with Crippen molar-refractivity contribution in [2.24, 2.45) is 11.7 Å². The van der Waals surface area contributed by atoms with Gasteiger partial charge in [-0.25, -0.2) is 0 Å². The minimum absolute atomic E-state index is 0.00471. The first-order valence-corrected chi connectivity index (χ1v) is 6.75. The van der Waals surface area contributed by atoms with Crippen LogP contribution in [0.25, 0.3) is 0 Å². The fraction of sp³-hybridized carbons (Fsp3) is 0.429. The standard InChI is InChI=1S/C14H18N2O2S/c1-18-12-4-2-11(3-5-12)14(19)16-8-6-10(7-9-16)13(15)17/h2-5,10H,6-9H2,1H3,(H2,15,17). The third-order valence-electron chi connectivity index (χ3n) is 3.52. The van der Waals surface area contributed by atoms with E-state index >= 15 is 0 Å². The number of likely N-dealkylation sites (tertiary alicyclic amines) is 1. The number of benzene rings is 1. The monoisotopic (exact) mass is 278 g/mol. The lowest BCUT2D eigenvalue weighted by Gasteiger charge is -2.32. The van der Waals surface area contributed by atoms with Gasteiger partial charge in [-0.15, -0.1) is 0 Å². The summed E-state index contributed by atoms with van der Waals surface area (Å²) in [6.07, 6.45) is 1.57. The second kappa shape index (κ2) is 6.02. The molecule has 0 unspecified atom stereocenters. The Hall–Kier alpha value is -1.62. The number of nitrogens with zero attached hydrogens (tertiary/aromatic N) is 1. The zero-order chi connectivity index (χ0) is 13.8. The number of piperidine rings is 1. The van der Waals surface area contributed by atoms with Gasteiger partial charge in [-0.05, 0) is 37.1 Å². The van der Waals surface area contributed by atoms with Gasteiger partial charge in [-0.1, -0.05) is 12.2 Å². The van der Waals surface area contributed by atoms with Crippen molar-refractivity contribution in [1.82, 2.24) is 4.90 Å². The largest absolute Gasteiger partial charge is 0.497 e. The fourth-order valence-corrected chi connectivity index (χ4v) is 2.60. The van der Waals surface area contributed by atoms with Crippen LogP contribution >= 0.6 is 12.2 Å². The number of carbonyl (C=O) groups is 1. The summed E-state index contributed by atoms with van der Waals surface area (Å²) in [4.78, 5) is 14.1. The number of methoxy groups -OCH3 is 1. The Balaban J connectivity index is 1.98. The molecule has 0 spiro atoms. The maximum atomic E-state index is 11.1. The lowest BCUT2D eigenvalue weighted by Crippen LogP contribution is -2.41. The molecule has 1 aromatic carbocycles. The van der Waals surface area contributed by atoms with Crippen molar-refractivity contribution in [1.29, 1.82) is 0 Å². The van der Waals surface area contributed by atoms with Gasteiger partial charge in [0.1, 0.15) is 10.7 Å². The molecule has 102 valence electrons. The summed E-state index contributed by atoms with van der Waals surface area (Å²) in [5.41, 5.74) is 6.34. The van der Waals surface area contributed by atoms with Crippen LogP contribution in [0.3, 0.4) is 0 Å². The van der Waals surface area contributed by atoms with Crippen molar-refractivity contribution in [3.63, 3.8) is 0 Å². The van der Waals surface area contributed by atoms with E-state index in [-0.39, 0.29) is 11.8 Å². The first-order chi connectivity index (χ1) is 9.11. The van der Waals surface area contributed by atoms with Crippen LogP contribution in [0, 0.1) is 5.92 Å². The Kier molecular flexibility index (Phi) is 4.37. The molecule has 1 heterocycles. The van der Waals surface area contributed by atoms with Crippen molar-refractivity contribution in [3.05, 3.63) is 29.8 Å². The fourth-order valence-electron chi connectivity index (χ4n) is 2.28. The number of rotatable bonds is 3. The van der Waals surface area contributed by atoms with Gasteiger partial charge in [-0.2, -0.15) is 0 Å². The molecule has 0 bridgehead atoms. The topological polar surface area (TPSA) is 55.6 Å². The average Bonchev–Trinajstić information content (AvgIpc) is 2.46. The summed E-state index contributed by atoms with van der Waals surface area (Å²) in [5.74, 6) is 0.615. The molecule has 0 saturated carbocycles. The number of primary amides is 1. The van der Waals surface area contributed by atoms with Crippen molar-refractivity contribution < 1.29 is 9.53 Å². The second-order valence-electron chi connectivity index (χ2n) is 4.70. The normalized spacial score (nSPS) is 16.2. The lowest BCUT2D eigenvalue weighted by molar-refractivity contribution is -0.122. The van der Waals surface area contributed by atoms with Crippen LogP contribution in [0.5, 0.6) is 5.75 Å². The van der Waals surface area contributed by atoms with E-state index < -0.39 is 0 Å². The van der Waals surface area contributed by atoms with Gasteiger partial charge < -0.3 is 15.4 Å². The molecular weight excluding hydrogens is 260 g/mol. The molecule has 1 amide bonds. The maximum absolute atomic E-state index is 11.1. The number of amides is 1. The van der Waals surface area contributed by atoms with Gasteiger partial charge in [0.05, 0.1) is 7.11 Å². The molecule has 5 heteroatoms. The highest BCUT2D eigenvalue weighted by molar-refractivity contribution is 7.80. The van der Waals surface area contributed by atoms with E-state index in [1.54, 1.807) is 7.11 Å². The van der Waals surface area contributed by atoms with E-state index in [0.29, 0.717) is 0 Å². The number of thiocarbonyl (C=S) groups is 1. The molecule has 2 rings (SSSR count). The molecule has 0 aliphatic carbocycles. The van der Waals surface area contributed by atoms with E-state index in [0.717, 1.165) is 42.2 Å². The van der Waals surface area contributed by atoms with Crippen LogP contribution in [-0.4, -0.2) is 36.0 Å². The van der Waals surface area contributed by atoms with Crippen molar-refractivity contribution in [2.75, 3.05) is 20.2 Å². The minimum atomic E-state index is -0.199. The predicted molar refractivity (Wildman–Crippen MR) is 78.2 cm³/mol. The summed E-state index contributed by atoms with van der Waals surface area (Å²) in [7, 11) is 1.64. The Labute approximate surface area is 118 Å². The van der Waals surface area contributed by atoms with Gasteiger partial charge in [0.15, 0.2) is 0 Å². The average molecular weight is 278 g/mol. The zero-order valence-electron chi connectivity index (χ0n) is 11.0. The minimum Gasteiger partial charge on any atom is -0.497 e. The zero-order valence-corrected chi connectivity index (χ0v) is 11.8. The molecule has 2 N–H and O–H groups in total. The smallest absolute Gasteiger partial charge is 0.220 e. The Morgan fingerprint density at radius 3 is 2.37 bits per heavy atom. The van der Waals surface area contributed by atoms with E-state index in [1.165, 1.54) is 0 Å². The summed E-state index contributed by atoms with van der Waals surface area (Å²) in [5, 5.41) is 0. The Morgan fingerprint density at radius 2 is 1.89 bits per heavy atom. The van der Waals surface area contributed by atoms with Crippen LogP contribution in [0.4, 0.5) is 0 Å². The maximum Gasteiger partial charge on any atom is 0.220 e. The lowest BCUT2D eigenvalue weighted by atomic mass is 9.96. The third kappa shape index (κ3) is 3.23. The predicted octanol–water partition coefficient (Wildman–Crippen LogP) is 1.57. The number of hydrogen-bond acceptors (Lipinski definition) is 3. The summed E-state index contributed by atoms with van der Waals surface area (Å²) in [6, 6.07) is 7.72. The first kappa shape index (κ1) is 13.8. The van der Waals surface area contributed by atoms with Crippen LogP contribution < -0.4 is 10.5 Å².